The van der Waals surface area contributed by atoms with Gasteiger partial charge in [-0.05, 0) is 40.0 Å². The van der Waals surface area contributed by atoms with Crippen molar-refractivity contribution in [3.8, 4) is 0 Å². The molecule has 0 aromatic carbocycles. The van der Waals surface area contributed by atoms with Crippen LogP contribution in [0, 0.1) is 5.41 Å². The van der Waals surface area contributed by atoms with Gasteiger partial charge in [0, 0.05) is 6.54 Å². The highest BCUT2D eigenvalue weighted by atomic mass is 16.6. The molecule has 1 aliphatic carbocycles. The van der Waals surface area contributed by atoms with E-state index in [1.54, 1.807) is 20.8 Å². The average molecular weight is 271 g/mol. The molecule has 6 heteroatoms. The van der Waals surface area contributed by atoms with E-state index in [4.69, 9.17) is 9.47 Å². The maximum absolute atomic E-state index is 11.6. The summed E-state index contributed by atoms with van der Waals surface area (Å²) in [6, 6.07) is 0. The third kappa shape index (κ3) is 2.83. The molecule has 2 N–H and O–H groups in total. The van der Waals surface area contributed by atoms with Gasteiger partial charge in [-0.3, -0.25) is 4.79 Å². The summed E-state index contributed by atoms with van der Waals surface area (Å²) in [6.45, 7) is 5.92. The molecule has 19 heavy (non-hydrogen) atoms. The van der Waals surface area contributed by atoms with Crippen LogP contribution in [0.2, 0.25) is 0 Å². The van der Waals surface area contributed by atoms with Crippen LogP contribution in [-0.2, 0) is 14.3 Å². The van der Waals surface area contributed by atoms with Crippen LogP contribution in [-0.4, -0.2) is 41.5 Å². The smallest absolute Gasteiger partial charge is 0.407 e. The molecule has 0 radical (unpaired) electrons. The molecule has 2 atom stereocenters. The number of carbonyl (C=O) groups is 2. The zero-order chi connectivity index (χ0) is 14.3. The zero-order valence-corrected chi connectivity index (χ0v) is 11.6. The second kappa shape index (κ2) is 4.37. The normalized spacial score (nSPS) is 33.2. The molecule has 2 bridgehead atoms. The van der Waals surface area contributed by atoms with E-state index in [1.165, 1.54) is 0 Å². The first-order valence-corrected chi connectivity index (χ1v) is 6.51. The average Bonchev–Trinajstić information content (AvgIpc) is 2.82. The number of fused-ring (bicyclic) bond motifs is 2. The maximum Gasteiger partial charge on any atom is 0.407 e. The van der Waals surface area contributed by atoms with Crippen LogP contribution in [0.1, 0.15) is 40.0 Å². The first-order chi connectivity index (χ1) is 8.67. The third-order valence-corrected chi connectivity index (χ3v) is 3.78. The number of nitrogens with one attached hydrogen (secondary N) is 1. The van der Waals surface area contributed by atoms with Crippen molar-refractivity contribution in [3.05, 3.63) is 0 Å². The van der Waals surface area contributed by atoms with Crippen LogP contribution in [0.5, 0.6) is 0 Å². The van der Waals surface area contributed by atoms with Gasteiger partial charge >= 0.3 is 12.1 Å². The minimum atomic E-state index is -0.802. The standard InChI is InChI=1S/C13H21NO5/c1-11(2,3)19-10(17)14-7-13-5-4-12(6-13,8-18-13)9(15)16/h4-8H2,1-3H3,(H,14,17)(H,15,16). The van der Waals surface area contributed by atoms with E-state index in [1.807, 2.05) is 0 Å². The van der Waals surface area contributed by atoms with Crippen LogP contribution in [0.15, 0.2) is 0 Å². The number of carboxylic acids is 1. The van der Waals surface area contributed by atoms with Gasteiger partial charge in [0.1, 0.15) is 5.60 Å². The summed E-state index contributed by atoms with van der Waals surface area (Å²) in [6.07, 6.45) is 1.24. The number of hydrogen-bond donors (Lipinski definition) is 2. The first-order valence-electron chi connectivity index (χ1n) is 6.51. The molecular weight excluding hydrogens is 250 g/mol. The lowest BCUT2D eigenvalue weighted by atomic mass is 9.88. The molecule has 1 amide bonds. The minimum absolute atomic E-state index is 0.234. The van der Waals surface area contributed by atoms with Gasteiger partial charge in [0.2, 0.25) is 0 Å². The fourth-order valence-corrected chi connectivity index (χ4v) is 2.79. The van der Waals surface area contributed by atoms with Crippen LogP contribution >= 0.6 is 0 Å². The Labute approximate surface area is 112 Å². The molecule has 6 nitrogen and oxygen atoms in total. The van der Waals surface area contributed by atoms with Crippen molar-refractivity contribution < 1.29 is 24.2 Å². The fourth-order valence-electron chi connectivity index (χ4n) is 2.79. The Kier molecular flexibility index (Phi) is 3.24. The highest BCUT2D eigenvalue weighted by molar-refractivity contribution is 5.76. The van der Waals surface area contributed by atoms with E-state index >= 15 is 0 Å². The molecule has 1 saturated heterocycles. The molecule has 108 valence electrons. The molecule has 0 aromatic heterocycles. The number of aliphatic carboxylic acids is 1. The van der Waals surface area contributed by atoms with Crippen molar-refractivity contribution >= 4 is 12.1 Å². The molecule has 2 unspecified atom stereocenters. The van der Waals surface area contributed by atoms with Gasteiger partial charge in [-0.2, -0.15) is 0 Å². The van der Waals surface area contributed by atoms with Crippen molar-refractivity contribution in [2.45, 2.75) is 51.2 Å². The highest BCUT2D eigenvalue weighted by Gasteiger charge is 2.59. The maximum atomic E-state index is 11.6. The summed E-state index contributed by atoms with van der Waals surface area (Å²) >= 11 is 0. The second-order valence-corrected chi connectivity index (χ2v) is 6.59. The van der Waals surface area contributed by atoms with Gasteiger partial charge in [0.25, 0.3) is 0 Å². The van der Waals surface area contributed by atoms with Gasteiger partial charge in [-0.1, -0.05) is 0 Å². The Morgan fingerprint density at radius 1 is 1.37 bits per heavy atom. The fraction of sp³-hybridized carbons (Fsp3) is 0.846. The SMILES string of the molecule is CC(C)(C)OC(=O)NCC12CCC(C(=O)O)(CO1)C2. The molecule has 0 aromatic rings. The number of carbonyl (C=O) groups excluding carboxylic acids is 1. The van der Waals surface area contributed by atoms with Gasteiger partial charge < -0.3 is 19.9 Å². The van der Waals surface area contributed by atoms with Gasteiger partial charge in [0.05, 0.1) is 17.6 Å². The van der Waals surface area contributed by atoms with Crippen LogP contribution < -0.4 is 5.32 Å². The van der Waals surface area contributed by atoms with Crippen molar-refractivity contribution in [1.29, 1.82) is 0 Å². The van der Waals surface area contributed by atoms with Crippen LogP contribution in [0.4, 0.5) is 4.79 Å². The van der Waals surface area contributed by atoms with E-state index in [9.17, 15) is 14.7 Å². The summed E-state index contributed by atoms with van der Waals surface area (Å²) in [5.74, 6) is -0.802. The van der Waals surface area contributed by atoms with E-state index in [0.717, 1.165) is 0 Å². The Balaban J connectivity index is 1.88. The van der Waals surface area contributed by atoms with Gasteiger partial charge in [0.15, 0.2) is 0 Å². The predicted octanol–water partition coefficient (Wildman–Crippen LogP) is 1.53. The number of rotatable bonds is 3. The van der Waals surface area contributed by atoms with E-state index in [0.29, 0.717) is 25.8 Å². The van der Waals surface area contributed by atoms with E-state index < -0.39 is 28.7 Å². The lowest BCUT2D eigenvalue weighted by molar-refractivity contribution is -0.150. The second-order valence-electron chi connectivity index (χ2n) is 6.59. The van der Waals surface area contributed by atoms with Crippen molar-refractivity contribution in [2.24, 2.45) is 5.41 Å². The molecular formula is C13H21NO5. The summed E-state index contributed by atoms with van der Waals surface area (Å²) in [5, 5.41) is 11.9. The Hall–Kier alpha value is -1.30. The summed E-state index contributed by atoms with van der Waals surface area (Å²) in [5.41, 5.74) is -1.83. The minimum Gasteiger partial charge on any atom is -0.481 e. The Bertz CT molecular complexity index is 390. The Morgan fingerprint density at radius 3 is 2.47 bits per heavy atom. The summed E-state index contributed by atoms with van der Waals surface area (Å²) in [4.78, 5) is 22.9. The van der Waals surface area contributed by atoms with Crippen molar-refractivity contribution in [1.82, 2.24) is 5.32 Å². The topological polar surface area (TPSA) is 84.9 Å². The molecule has 2 rings (SSSR count). The molecule has 1 heterocycles. The lowest BCUT2D eigenvalue weighted by Gasteiger charge is -2.28. The number of alkyl carbamates (subject to hydrolysis) is 1. The number of hydrogen-bond acceptors (Lipinski definition) is 4. The summed E-state index contributed by atoms with van der Waals surface area (Å²) in [7, 11) is 0. The third-order valence-electron chi connectivity index (χ3n) is 3.78. The molecule has 1 saturated carbocycles. The molecule has 0 spiro atoms. The zero-order valence-electron chi connectivity index (χ0n) is 11.6. The Morgan fingerprint density at radius 2 is 2.05 bits per heavy atom. The van der Waals surface area contributed by atoms with Crippen LogP contribution in [0.25, 0.3) is 0 Å². The lowest BCUT2D eigenvalue weighted by Crippen LogP contribution is -2.43. The molecule has 2 aliphatic rings. The van der Waals surface area contributed by atoms with Crippen LogP contribution in [0.3, 0.4) is 0 Å². The number of carboxylic acid groups (broad SMARTS) is 1. The largest absolute Gasteiger partial charge is 0.481 e. The van der Waals surface area contributed by atoms with Gasteiger partial charge in [-0.25, -0.2) is 4.79 Å². The van der Waals surface area contributed by atoms with Gasteiger partial charge in [-0.15, -0.1) is 0 Å². The molecule has 1 aliphatic heterocycles. The number of ether oxygens (including phenoxy) is 2. The van der Waals surface area contributed by atoms with Crippen molar-refractivity contribution in [3.63, 3.8) is 0 Å². The first kappa shape index (κ1) is 14.1. The predicted molar refractivity (Wildman–Crippen MR) is 66.8 cm³/mol. The van der Waals surface area contributed by atoms with Crippen molar-refractivity contribution in [2.75, 3.05) is 13.2 Å². The monoisotopic (exact) mass is 271 g/mol. The molecule has 2 fully saturated rings. The highest BCUT2D eigenvalue weighted by Crippen LogP contribution is 2.52. The van der Waals surface area contributed by atoms with E-state index in [-0.39, 0.29) is 6.61 Å². The number of amides is 1. The summed E-state index contributed by atoms with van der Waals surface area (Å²) < 4.78 is 10.8. The van der Waals surface area contributed by atoms with E-state index in [2.05, 4.69) is 5.32 Å². The quantitative estimate of drug-likeness (QED) is 0.813.